The number of anilines is 1. The zero-order valence-electron chi connectivity index (χ0n) is 18.2. The largest absolute Gasteiger partial charge is 0.457 e. The molecule has 0 atom stereocenters. The van der Waals surface area contributed by atoms with Gasteiger partial charge in [0.05, 0.1) is 0 Å². The smallest absolute Gasteiger partial charge is 0.274 e. The first kappa shape index (κ1) is 21.7. The molecule has 2 aromatic heterocycles. The van der Waals surface area contributed by atoms with Crippen LogP contribution in [0.5, 0.6) is 11.5 Å². The maximum Gasteiger partial charge on any atom is 0.274 e. The number of benzene rings is 2. The van der Waals surface area contributed by atoms with E-state index in [1.165, 1.54) is 11.8 Å². The molecule has 4 rings (SSSR count). The summed E-state index contributed by atoms with van der Waals surface area (Å²) in [5, 5.41) is 5.37. The van der Waals surface area contributed by atoms with Gasteiger partial charge in [0.15, 0.2) is 0 Å². The van der Waals surface area contributed by atoms with Gasteiger partial charge in [-0.15, -0.1) is 0 Å². The number of nitrogens with one attached hydrogen (secondary N) is 2. The number of pyridine rings is 2. The Balaban J connectivity index is 1.43. The molecule has 7 nitrogen and oxygen atoms in total. The minimum Gasteiger partial charge on any atom is -0.457 e. The maximum atomic E-state index is 12.7. The third kappa shape index (κ3) is 5.40. The first-order chi connectivity index (χ1) is 16.0. The van der Waals surface area contributed by atoms with Gasteiger partial charge < -0.3 is 15.4 Å². The average Bonchev–Trinajstić information content (AvgIpc) is 2.85. The van der Waals surface area contributed by atoms with Crippen molar-refractivity contribution in [1.82, 2.24) is 15.3 Å². The van der Waals surface area contributed by atoms with E-state index >= 15 is 0 Å². The van der Waals surface area contributed by atoms with Crippen LogP contribution in [-0.2, 0) is 0 Å². The van der Waals surface area contributed by atoms with Gasteiger partial charge in [0, 0.05) is 31.2 Å². The van der Waals surface area contributed by atoms with Crippen molar-refractivity contribution in [3.63, 3.8) is 0 Å². The minimum atomic E-state index is -0.304. The molecule has 0 saturated heterocycles. The lowest BCUT2D eigenvalue weighted by Gasteiger charge is -2.09. The Morgan fingerprint density at radius 3 is 2.09 bits per heavy atom. The van der Waals surface area contributed by atoms with Crippen LogP contribution in [0.25, 0.3) is 11.1 Å². The number of ether oxygens (including phenoxy) is 1. The number of rotatable bonds is 6. The molecule has 0 aliphatic carbocycles. The summed E-state index contributed by atoms with van der Waals surface area (Å²) in [4.78, 5) is 32.6. The lowest BCUT2D eigenvalue weighted by Crippen LogP contribution is -2.18. The summed E-state index contributed by atoms with van der Waals surface area (Å²) in [6.07, 6.45) is 3.13. The Morgan fingerprint density at radius 1 is 0.727 bits per heavy atom. The molecule has 0 saturated carbocycles. The van der Waals surface area contributed by atoms with E-state index in [4.69, 9.17) is 4.74 Å². The number of amides is 2. The highest BCUT2D eigenvalue weighted by Gasteiger charge is 2.10. The molecule has 33 heavy (non-hydrogen) atoms. The fourth-order valence-corrected chi connectivity index (χ4v) is 3.14. The number of hydrogen-bond donors (Lipinski definition) is 2. The van der Waals surface area contributed by atoms with Gasteiger partial charge in [0.1, 0.15) is 22.9 Å². The van der Waals surface area contributed by atoms with Gasteiger partial charge in [-0.2, -0.15) is 0 Å². The van der Waals surface area contributed by atoms with E-state index in [-0.39, 0.29) is 17.5 Å². The van der Waals surface area contributed by atoms with Crippen LogP contribution in [0.3, 0.4) is 0 Å². The standard InChI is InChI=1S/C26H22N4O3/c1-17-3-5-18(6-4-17)19-11-13-28-23(15-19)26(32)30-20-7-9-21(10-8-20)33-22-12-14-29-24(16-22)25(31)27-2/h3-16H,1-2H3,(H,27,31)(H,30,32). The van der Waals surface area contributed by atoms with E-state index < -0.39 is 0 Å². The summed E-state index contributed by atoms with van der Waals surface area (Å²) in [5.74, 6) is 0.444. The van der Waals surface area contributed by atoms with E-state index in [1.807, 2.05) is 37.3 Å². The third-order valence-electron chi connectivity index (χ3n) is 4.92. The molecule has 0 bridgehead atoms. The highest BCUT2D eigenvalue weighted by Crippen LogP contribution is 2.24. The topological polar surface area (TPSA) is 93.2 Å². The number of aryl methyl sites for hydroxylation is 1. The van der Waals surface area contributed by atoms with Crippen LogP contribution in [0.1, 0.15) is 26.5 Å². The lowest BCUT2D eigenvalue weighted by molar-refractivity contribution is 0.0957. The first-order valence-electron chi connectivity index (χ1n) is 10.3. The SMILES string of the molecule is CNC(=O)c1cc(Oc2ccc(NC(=O)c3cc(-c4ccc(C)cc4)ccn3)cc2)ccn1. The summed E-state index contributed by atoms with van der Waals surface area (Å²) in [6, 6.07) is 21.9. The number of aromatic nitrogens is 2. The molecule has 0 fully saturated rings. The molecular weight excluding hydrogens is 416 g/mol. The van der Waals surface area contributed by atoms with Crippen molar-refractivity contribution in [1.29, 1.82) is 0 Å². The molecule has 4 aromatic rings. The predicted molar refractivity (Wildman–Crippen MR) is 127 cm³/mol. The van der Waals surface area contributed by atoms with E-state index in [0.717, 1.165) is 11.1 Å². The Labute approximate surface area is 191 Å². The van der Waals surface area contributed by atoms with Gasteiger partial charge >= 0.3 is 0 Å². The molecule has 0 radical (unpaired) electrons. The summed E-state index contributed by atoms with van der Waals surface area (Å²) >= 11 is 0. The van der Waals surface area contributed by atoms with Crippen LogP contribution < -0.4 is 15.4 Å². The Kier molecular flexibility index (Phi) is 6.40. The van der Waals surface area contributed by atoms with Crippen molar-refractivity contribution < 1.29 is 14.3 Å². The van der Waals surface area contributed by atoms with E-state index in [1.54, 1.807) is 55.7 Å². The molecule has 0 aliphatic rings. The molecule has 2 heterocycles. The third-order valence-corrected chi connectivity index (χ3v) is 4.92. The van der Waals surface area contributed by atoms with Crippen molar-refractivity contribution >= 4 is 17.5 Å². The maximum absolute atomic E-state index is 12.7. The highest BCUT2D eigenvalue weighted by atomic mass is 16.5. The Hall–Kier alpha value is -4.52. The summed E-state index contributed by atoms with van der Waals surface area (Å²) < 4.78 is 5.79. The second-order valence-electron chi connectivity index (χ2n) is 7.33. The van der Waals surface area contributed by atoms with Gasteiger partial charge in [-0.25, -0.2) is 0 Å². The normalized spacial score (nSPS) is 10.4. The number of carbonyl (C=O) groups excluding carboxylic acids is 2. The molecular formula is C26H22N4O3. The molecule has 0 unspecified atom stereocenters. The van der Waals surface area contributed by atoms with E-state index in [2.05, 4.69) is 20.6 Å². The fraction of sp³-hybridized carbons (Fsp3) is 0.0769. The first-order valence-corrected chi connectivity index (χ1v) is 10.3. The van der Waals surface area contributed by atoms with Crippen molar-refractivity contribution in [3.05, 3.63) is 102 Å². The lowest BCUT2D eigenvalue weighted by atomic mass is 10.0. The van der Waals surface area contributed by atoms with E-state index in [0.29, 0.717) is 22.9 Å². The van der Waals surface area contributed by atoms with Gasteiger partial charge in [-0.3, -0.25) is 19.6 Å². The zero-order valence-corrected chi connectivity index (χ0v) is 18.2. The Bertz CT molecular complexity index is 1290. The van der Waals surface area contributed by atoms with Crippen molar-refractivity contribution in [2.45, 2.75) is 6.92 Å². The Morgan fingerprint density at radius 2 is 1.39 bits per heavy atom. The molecule has 2 amide bonds. The van der Waals surface area contributed by atoms with Gasteiger partial charge in [-0.1, -0.05) is 29.8 Å². The summed E-state index contributed by atoms with van der Waals surface area (Å²) in [5.41, 5.74) is 4.32. The second kappa shape index (κ2) is 9.74. The van der Waals surface area contributed by atoms with Crippen LogP contribution in [0.4, 0.5) is 5.69 Å². The number of nitrogens with zero attached hydrogens (tertiary/aromatic N) is 2. The van der Waals surface area contributed by atoms with Gasteiger partial charge in [0.2, 0.25) is 0 Å². The number of hydrogen-bond acceptors (Lipinski definition) is 5. The monoisotopic (exact) mass is 438 g/mol. The molecule has 7 heteroatoms. The molecule has 164 valence electrons. The van der Waals surface area contributed by atoms with Crippen LogP contribution in [0, 0.1) is 6.92 Å². The minimum absolute atomic E-state index is 0.263. The fourth-order valence-electron chi connectivity index (χ4n) is 3.14. The summed E-state index contributed by atoms with van der Waals surface area (Å²) in [7, 11) is 1.54. The molecule has 0 aliphatic heterocycles. The van der Waals surface area contributed by atoms with E-state index in [9.17, 15) is 9.59 Å². The van der Waals surface area contributed by atoms with Gasteiger partial charge in [0.25, 0.3) is 11.8 Å². The van der Waals surface area contributed by atoms with Crippen molar-refractivity contribution in [2.75, 3.05) is 12.4 Å². The molecule has 2 aromatic carbocycles. The second-order valence-corrected chi connectivity index (χ2v) is 7.33. The number of carbonyl (C=O) groups is 2. The highest BCUT2D eigenvalue weighted by molar-refractivity contribution is 6.03. The summed E-state index contributed by atoms with van der Waals surface area (Å²) in [6.45, 7) is 2.03. The van der Waals surface area contributed by atoms with Crippen LogP contribution in [-0.4, -0.2) is 28.8 Å². The average molecular weight is 438 g/mol. The van der Waals surface area contributed by atoms with Crippen LogP contribution in [0.15, 0.2) is 85.2 Å². The zero-order chi connectivity index (χ0) is 23.2. The van der Waals surface area contributed by atoms with Crippen LogP contribution in [0.2, 0.25) is 0 Å². The predicted octanol–water partition coefficient (Wildman–Crippen LogP) is 4.86. The van der Waals surface area contributed by atoms with Crippen molar-refractivity contribution in [3.8, 4) is 22.6 Å². The van der Waals surface area contributed by atoms with Crippen LogP contribution >= 0.6 is 0 Å². The molecule has 0 spiro atoms. The van der Waals surface area contributed by atoms with Crippen molar-refractivity contribution in [2.24, 2.45) is 0 Å². The van der Waals surface area contributed by atoms with Gasteiger partial charge in [-0.05, 0) is 60.5 Å². The molecule has 2 N–H and O–H groups in total. The quantitative estimate of drug-likeness (QED) is 0.449.